The van der Waals surface area contributed by atoms with Crippen LogP contribution >= 0.6 is 0 Å². The van der Waals surface area contributed by atoms with Crippen LogP contribution < -0.4 is 10.6 Å². The van der Waals surface area contributed by atoms with Crippen LogP contribution in [0.2, 0.25) is 0 Å². The van der Waals surface area contributed by atoms with Gasteiger partial charge in [-0.25, -0.2) is 0 Å². The summed E-state index contributed by atoms with van der Waals surface area (Å²) in [6, 6.07) is -0.156. The van der Waals surface area contributed by atoms with Crippen molar-refractivity contribution in [1.82, 2.24) is 15.5 Å². The van der Waals surface area contributed by atoms with Crippen LogP contribution in [0.15, 0.2) is 24.3 Å². The summed E-state index contributed by atoms with van der Waals surface area (Å²) in [7, 11) is 1.76. The second kappa shape index (κ2) is 6.44. The van der Waals surface area contributed by atoms with Gasteiger partial charge in [0.25, 0.3) is 0 Å². The second-order valence-corrected chi connectivity index (χ2v) is 8.89. The summed E-state index contributed by atoms with van der Waals surface area (Å²) < 4.78 is 6.09. The quantitative estimate of drug-likeness (QED) is 0.694. The Bertz CT molecular complexity index is 778. The highest BCUT2D eigenvalue weighted by molar-refractivity contribution is 5.93. The molecule has 7 heteroatoms. The standard InChI is InChI=1S/C21H27N3O4/c1-24-11-21-10-9-14(28-21)16(17(21)20(24)27)19(26)22-13-7-8-15(25)23-18(13)12-5-3-2-4-6-12/h2-3,9-10,12-14,16-18H,4-8,11H2,1H3,(H,22,26)(H,23,25)/t12?,13-,14?,16?,17?,18+,21?/m1/s1. The van der Waals surface area contributed by atoms with Crippen LogP contribution in [-0.2, 0) is 19.1 Å². The molecule has 7 nitrogen and oxygen atoms in total. The van der Waals surface area contributed by atoms with Gasteiger partial charge < -0.3 is 20.3 Å². The van der Waals surface area contributed by atoms with Crippen molar-refractivity contribution < 1.29 is 19.1 Å². The fourth-order valence-corrected chi connectivity index (χ4v) is 5.85. The number of ether oxygens (including phenoxy) is 1. The van der Waals surface area contributed by atoms with Crippen LogP contribution in [0, 0.1) is 17.8 Å². The lowest BCUT2D eigenvalue weighted by atomic mass is 9.76. The molecule has 2 bridgehead atoms. The maximum atomic E-state index is 13.3. The highest BCUT2D eigenvalue weighted by atomic mass is 16.5. The summed E-state index contributed by atoms with van der Waals surface area (Å²) in [5.41, 5.74) is -0.646. The van der Waals surface area contributed by atoms with Crippen molar-refractivity contribution in [3.05, 3.63) is 24.3 Å². The number of hydrogen-bond acceptors (Lipinski definition) is 4. The summed E-state index contributed by atoms with van der Waals surface area (Å²) in [6.07, 6.45) is 11.9. The van der Waals surface area contributed by atoms with Crippen LogP contribution in [0.3, 0.4) is 0 Å². The van der Waals surface area contributed by atoms with Crippen LogP contribution in [0.5, 0.6) is 0 Å². The summed E-state index contributed by atoms with van der Waals surface area (Å²) in [5.74, 6) is -0.682. The van der Waals surface area contributed by atoms with E-state index >= 15 is 0 Å². The Morgan fingerprint density at radius 1 is 1.32 bits per heavy atom. The first-order valence-corrected chi connectivity index (χ1v) is 10.4. The van der Waals surface area contributed by atoms with Crippen molar-refractivity contribution in [2.24, 2.45) is 17.8 Å². The van der Waals surface area contributed by atoms with E-state index in [9.17, 15) is 14.4 Å². The van der Waals surface area contributed by atoms with Gasteiger partial charge in [0.15, 0.2) is 0 Å². The first-order chi connectivity index (χ1) is 13.5. The molecule has 5 rings (SSSR count). The number of nitrogens with one attached hydrogen (secondary N) is 2. The topological polar surface area (TPSA) is 87.7 Å². The lowest BCUT2D eigenvalue weighted by Gasteiger charge is -2.39. The number of carbonyl (C=O) groups is 3. The molecule has 4 heterocycles. The van der Waals surface area contributed by atoms with Gasteiger partial charge in [0.05, 0.1) is 30.5 Å². The number of piperidine rings is 1. The Kier molecular flexibility index (Phi) is 4.12. The molecule has 3 amide bonds. The average Bonchev–Trinajstić information content (AvgIpc) is 3.32. The van der Waals surface area contributed by atoms with Crippen molar-refractivity contribution in [2.75, 3.05) is 13.6 Å². The van der Waals surface area contributed by atoms with Crippen molar-refractivity contribution in [1.29, 1.82) is 0 Å². The molecule has 3 fully saturated rings. The van der Waals surface area contributed by atoms with E-state index in [0.29, 0.717) is 25.3 Å². The molecule has 0 aromatic rings. The van der Waals surface area contributed by atoms with Gasteiger partial charge in [-0.2, -0.15) is 0 Å². The third-order valence-corrected chi connectivity index (χ3v) is 7.18. The fraction of sp³-hybridized carbons (Fsp3) is 0.667. The Morgan fingerprint density at radius 3 is 2.96 bits per heavy atom. The third kappa shape index (κ3) is 2.63. The number of likely N-dealkylation sites (tertiary alicyclic amines) is 1. The number of fused-ring (bicyclic) bond motifs is 1. The average molecular weight is 385 g/mol. The van der Waals surface area contributed by atoms with E-state index in [0.717, 1.165) is 19.3 Å². The van der Waals surface area contributed by atoms with Gasteiger partial charge in [0.1, 0.15) is 5.60 Å². The smallest absolute Gasteiger partial charge is 0.229 e. The van der Waals surface area contributed by atoms with Crippen LogP contribution in [0.25, 0.3) is 0 Å². The maximum absolute atomic E-state index is 13.3. The Labute approximate surface area is 164 Å². The molecule has 3 saturated heterocycles. The number of carbonyl (C=O) groups excluding carboxylic acids is 3. The summed E-state index contributed by atoms with van der Waals surface area (Å²) >= 11 is 0. The molecule has 5 unspecified atom stereocenters. The molecule has 28 heavy (non-hydrogen) atoms. The zero-order valence-electron chi connectivity index (χ0n) is 16.1. The van der Waals surface area contributed by atoms with E-state index in [2.05, 4.69) is 22.8 Å². The second-order valence-electron chi connectivity index (χ2n) is 8.89. The number of amides is 3. The lowest BCUT2D eigenvalue weighted by Crippen LogP contribution is -2.60. The molecule has 1 aliphatic carbocycles. The SMILES string of the molecule is CN1CC23C=CC(O2)C(C(=O)N[C@@H]2CCC(=O)N[C@H]2C2CC=CCC2)C3C1=O. The third-order valence-electron chi connectivity index (χ3n) is 7.18. The highest BCUT2D eigenvalue weighted by Gasteiger charge is 2.66. The monoisotopic (exact) mass is 385 g/mol. The Balaban J connectivity index is 1.34. The molecule has 7 atom stereocenters. The molecule has 2 N–H and O–H groups in total. The molecular weight excluding hydrogens is 358 g/mol. The minimum atomic E-state index is -0.646. The number of allylic oxidation sites excluding steroid dienone is 2. The number of likely N-dealkylation sites (N-methyl/N-ethyl adjacent to an activating group) is 1. The van der Waals surface area contributed by atoms with E-state index in [1.807, 2.05) is 12.2 Å². The molecule has 4 aliphatic heterocycles. The summed E-state index contributed by atoms with van der Waals surface area (Å²) in [6.45, 7) is 0.504. The largest absolute Gasteiger partial charge is 0.360 e. The van der Waals surface area contributed by atoms with Crippen molar-refractivity contribution in [2.45, 2.75) is 55.9 Å². The molecule has 0 aromatic heterocycles. The first kappa shape index (κ1) is 17.9. The highest BCUT2D eigenvalue weighted by Crippen LogP contribution is 2.51. The van der Waals surface area contributed by atoms with Crippen molar-refractivity contribution in [3.63, 3.8) is 0 Å². The van der Waals surface area contributed by atoms with Crippen LogP contribution in [0.1, 0.15) is 32.1 Å². The van der Waals surface area contributed by atoms with Gasteiger partial charge in [-0.15, -0.1) is 0 Å². The predicted molar refractivity (Wildman–Crippen MR) is 101 cm³/mol. The van der Waals surface area contributed by atoms with E-state index in [1.54, 1.807) is 11.9 Å². The van der Waals surface area contributed by atoms with Gasteiger partial charge in [0, 0.05) is 19.5 Å². The summed E-state index contributed by atoms with van der Waals surface area (Å²) in [4.78, 5) is 39.7. The zero-order chi connectivity index (χ0) is 19.5. The maximum Gasteiger partial charge on any atom is 0.229 e. The van der Waals surface area contributed by atoms with E-state index in [4.69, 9.17) is 4.74 Å². The fourth-order valence-electron chi connectivity index (χ4n) is 5.85. The predicted octanol–water partition coefficient (Wildman–Crippen LogP) is 0.518. The van der Waals surface area contributed by atoms with Gasteiger partial charge in [-0.05, 0) is 31.6 Å². The minimum absolute atomic E-state index is 0.0158. The first-order valence-electron chi connectivity index (χ1n) is 10.4. The molecule has 1 spiro atoms. The van der Waals surface area contributed by atoms with Crippen molar-refractivity contribution >= 4 is 17.7 Å². The van der Waals surface area contributed by atoms with Gasteiger partial charge in [0.2, 0.25) is 17.7 Å². The Hall–Kier alpha value is -2.15. The van der Waals surface area contributed by atoms with E-state index in [-0.39, 0.29) is 35.9 Å². The van der Waals surface area contributed by atoms with Gasteiger partial charge in [-0.1, -0.05) is 24.3 Å². The molecule has 0 radical (unpaired) electrons. The Morgan fingerprint density at radius 2 is 2.18 bits per heavy atom. The van der Waals surface area contributed by atoms with E-state index in [1.165, 1.54) is 0 Å². The lowest BCUT2D eigenvalue weighted by molar-refractivity contribution is -0.137. The van der Waals surface area contributed by atoms with Crippen LogP contribution in [0.4, 0.5) is 0 Å². The number of hydrogen-bond donors (Lipinski definition) is 2. The van der Waals surface area contributed by atoms with E-state index < -0.39 is 17.4 Å². The van der Waals surface area contributed by atoms with Crippen molar-refractivity contribution in [3.8, 4) is 0 Å². The van der Waals surface area contributed by atoms with Crippen LogP contribution in [-0.4, -0.2) is 60.0 Å². The molecular formula is C21H27N3O4. The number of rotatable bonds is 3. The molecule has 150 valence electrons. The zero-order valence-corrected chi connectivity index (χ0v) is 16.1. The summed E-state index contributed by atoms with van der Waals surface area (Å²) in [5, 5.41) is 6.31. The molecule has 5 aliphatic rings. The molecule has 0 saturated carbocycles. The minimum Gasteiger partial charge on any atom is -0.360 e. The van der Waals surface area contributed by atoms with Gasteiger partial charge >= 0.3 is 0 Å². The normalized spacial score (nSPS) is 44.0. The van der Waals surface area contributed by atoms with Gasteiger partial charge in [-0.3, -0.25) is 14.4 Å². The number of nitrogens with zero attached hydrogens (tertiary/aromatic N) is 1. The molecule has 0 aromatic carbocycles.